The third kappa shape index (κ3) is 3.33. The number of ketones is 1. The fourth-order valence-corrected chi connectivity index (χ4v) is 2.84. The van der Waals surface area contributed by atoms with Crippen molar-refractivity contribution in [3.05, 3.63) is 82.0 Å². The van der Waals surface area contributed by atoms with E-state index in [0.717, 1.165) is 10.4 Å². The van der Waals surface area contributed by atoms with Gasteiger partial charge in [-0.05, 0) is 41.3 Å². The van der Waals surface area contributed by atoms with E-state index in [9.17, 15) is 4.79 Å². The molecule has 2 aromatic carbocycles. The standard InChI is InChI=1S/C20H14OS/c1-15-7-9-16(10-8-15)18-13-19(22-14-18)11-12-20(21)17-5-3-2-4-6-17/h2-10,13-14H,1H3. The van der Waals surface area contributed by atoms with Gasteiger partial charge in [-0.15, -0.1) is 11.3 Å². The van der Waals surface area contributed by atoms with Crippen LogP contribution in [0.25, 0.3) is 11.1 Å². The molecule has 0 aliphatic carbocycles. The molecule has 0 aliphatic rings. The van der Waals surface area contributed by atoms with Gasteiger partial charge >= 0.3 is 0 Å². The molecular formula is C20H14OS. The maximum atomic E-state index is 12.0. The highest BCUT2D eigenvalue weighted by Gasteiger charge is 2.02. The predicted octanol–water partition coefficient (Wildman–Crippen LogP) is 4.96. The van der Waals surface area contributed by atoms with Crippen LogP contribution in [0.4, 0.5) is 0 Å². The van der Waals surface area contributed by atoms with Crippen LogP contribution in [-0.4, -0.2) is 5.78 Å². The van der Waals surface area contributed by atoms with Gasteiger partial charge in [-0.2, -0.15) is 0 Å². The number of carbonyl (C=O) groups excluding carboxylic acids is 1. The van der Waals surface area contributed by atoms with Gasteiger partial charge in [0.05, 0.1) is 4.88 Å². The molecule has 106 valence electrons. The summed E-state index contributed by atoms with van der Waals surface area (Å²) in [6.45, 7) is 2.07. The van der Waals surface area contributed by atoms with Gasteiger partial charge in [-0.1, -0.05) is 60.2 Å². The minimum Gasteiger partial charge on any atom is -0.279 e. The van der Waals surface area contributed by atoms with Gasteiger partial charge in [0.25, 0.3) is 0 Å². The number of rotatable bonds is 2. The summed E-state index contributed by atoms with van der Waals surface area (Å²) < 4.78 is 0. The fourth-order valence-electron chi connectivity index (χ4n) is 2.08. The van der Waals surface area contributed by atoms with Gasteiger partial charge in [0.2, 0.25) is 5.78 Å². The summed E-state index contributed by atoms with van der Waals surface area (Å²) in [5, 5.41) is 2.07. The molecular weight excluding hydrogens is 288 g/mol. The molecule has 3 rings (SSSR count). The summed E-state index contributed by atoms with van der Waals surface area (Å²) >= 11 is 1.56. The van der Waals surface area contributed by atoms with Gasteiger partial charge in [0.15, 0.2) is 0 Å². The molecule has 0 unspecified atom stereocenters. The van der Waals surface area contributed by atoms with Crippen LogP contribution in [0, 0.1) is 18.8 Å². The minimum atomic E-state index is -0.147. The van der Waals surface area contributed by atoms with Crippen LogP contribution in [0.1, 0.15) is 20.8 Å². The lowest BCUT2D eigenvalue weighted by Crippen LogP contribution is -1.93. The van der Waals surface area contributed by atoms with E-state index in [1.165, 1.54) is 11.1 Å². The molecule has 0 amide bonds. The highest BCUT2D eigenvalue weighted by Crippen LogP contribution is 2.25. The second-order valence-corrected chi connectivity index (χ2v) is 5.92. The summed E-state index contributed by atoms with van der Waals surface area (Å²) in [7, 11) is 0. The number of hydrogen-bond acceptors (Lipinski definition) is 2. The van der Waals surface area contributed by atoms with E-state index in [1.807, 2.05) is 24.3 Å². The van der Waals surface area contributed by atoms with Crippen molar-refractivity contribution in [3.63, 3.8) is 0 Å². The molecule has 0 atom stereocenters. The zero-order valence-electron chi connectivity index (χ0n) is 12.2. The zero-order chi connectivity index (χ0) is 15.4. The van der Waals surface area contributed by atoms with Crippen LogP contribution in [0.3, 0.4) is 0 Å². The Hall–Kier alpha value is -2.63. The summed E-state index contributed by atoms with van der Waals surface area (Å²) in [6.07, 6.45) is 0. The lowest BCUT2D eigenvalue weighted by molar-refractivity contribution is 0.105. The van der Waals surface area contributed by atoms with Gasteiger partial charge in [0, 0.05) is 5.56 Å². The molecule has 1 nitrogen and oxygen atoms in total. The molecule has 3 aromatic rings. The molecule has 2 heteroatoms. The molecule has 0 fully saturated rings. The summed E-state index contributed by atoms with van der Waals surface area (Å²) in [5.41, 5.74) is 4.18. The first kappa shape index (κ1) is 14.3. The first-order valence-corrected chi connectivity index (χ1v) is 7.87. The lowest BCUT2D eigenvalue weighted by atomic mass is 10.1. The number of aryl methyl sites for hydroxylation is 1. The third-order valence-corrected chi connectivity index (χ3v) is 4.17. The number of thiophene rings is 1. The Balaban J connectivity index is 1.79. The highest BCUT2D eigenvalue weighted by atomic mass is 32.1. The molecule has 0 aliphatic heterocycles. The molecule has 0 bridgehead atoms. The summed E-state index contributed by atoms with van der Waals surface area (Å²) in [4.78, 5) is 12.9. The van der Waals surface area contributed by atoms with Crippen LogP contribution in [0.2, 0.25) is 0 Å². The van der Waals surface area contributed by atoms with Crippen molar-refractivity contribution >= 4 is 17.1 Å². The second kappa shape index (κ2) is 6.43. The van der Waals surface area contributed by atoms with E-state index in [4.69, 9.17) is 0 Å². The third-order valence-electron chi connectivity index (χ3n) is 3.32. The average Bonchev–Trinajstić information content (AvgIpc) is 3.03. The number of carbonyl (C=O) groups is 1. The van der Waals surface area contributed by atoms with Crippen LogP contribution in [0.15, 0.2) is 66.0 Å². The Bertz CT molecular complexity index is 846. The van der Waals surface area contributed by atoms with E-state index < -0.39 is 0 Å². The molecule has 0 saturated heterocycles. The maximum Gasteiger partial charge on any atom is 0.236 e. The van der Waals surface area contributed by atoms with Crippen molar-refractivity contribution in [2.24, 2.45) is 0 Å². The average molecular weight is 302 g/mol. The Morgan fingerprint density at radius 3 is 2.41 bits per heavy atom. The number of benzene rings is 2. The Morgan fingerprint density at radius 2 is 1.68 bits per heavy atom. The maximum absolute atomic E-state index is 12.0. The predicted molar refractivity (Wildman–Crippen MR) is 92.1 cm³/mol. The Labute approximate surface area is 134 Å². The first-order chi connectivity index (χ1) is 10.7. The molecule has 0 saturated carbocycles. The van der Waals surface area contributed by atoms with Crippen molar-refractivity contribution in [1.82, 2.24) is 0 Å². The minimum absolute atomic E-state index is 0.147. The van der Waals surface area contributed by atoms with Crippen molar-refractivity contribution in [1.29, 1.82) is 0 Å². The molecule has 1 aromatic heterocycles. The van der Waals surface area contributed by atoms with E-state index in [1.54, 1.807) is 23.5 Å². The topological polar surface area (TPSA) is 17.1 Å². The van der Waals surface area contributed by atoms with Gasteiger partial charge in [0.1, 0.15) is 0 Å². The zero-order valence-corrected chi connectivity index (χ0v) is 13.0. The van der Waals surface area contributed by atoms with Gasteiger partial charge < -0.3 is 0 Å². The van der Waals surface area contributed by atoms with Crippen molar-refractivity contribution in [2.75, 3.05) is 0 Å². The molecule has 22 heavy (non-hydrogen) atoms. The highest BCUT2D eigenvalue weighted by molar-refractivity contribution is 7.11. The smallest absolute Gasteiger partial charge is 0.236 e. The van der Waals surface area contributed by atoms with Gasteiger partial charge in [-0.3, -0.25) is 4.79 Å². The van der Waals surface area contributed by atoms with Crippen molar-refractivity contribution < 1.29 is 4.79 Å². The number of Topliss-reactive ketones (excluding diaryl/α,β-unsaturated/α-hetero) is 1. The van der Waals surface area contributed by atoms with Gasteiger partial charge in [-0.25, -0.2) is 0 Å². The molecule has 0 radical (unpaired) electrons. The summed E-state index contributed by atoms with van der Waals surface area (Å²) in [6, 6.07) is 19.6. The monoisotopic (exact) mass is 302 g/mol. The molecule has 0 N–H and O–H groups in total. The van der Waals surface area contributed by atoms with Crippen LogP contribution < -0.4 is 0 Å². The largest absolute Gasteiger partial charge is 0.279 e. The van der Waals surface area contributed by atoms with Crippen LogP contribution >= 0.6 is 11.3 Å². The molecule has 0 spiro atoms. The van der Waals surface area contributed by atoms with Crippen molar-refractivity contribution in [2.45, 2.75) is 6.92 Å². The number of hydrogen-bond donors (Lipinski definition) is 0. The van der Waals surface area contributed by atoms with E-state index in [0.29, 0.717) is 5.56 Å². The normalized spacial score (nSPS) is 9.86. The molecule has 1 heterocycles. The summed E-state index contributed by atoms with van der Waals surface area (Å²) in [5.74, 6) is 5.53. The van der Waals surface area contributed by atoms with E-state index in [2.05, 4.69) is 48.4 Å². The van der Waals surface area contributed by atoms with E-state index in [-0.39, 0.29) is 5.78 Å². The van der Waals surface area contributed by atoms with Crippen LogP contribution in [-0.2, 0) is 0 Å². The fraction of sp³-hybridized carbons (Fsp3) is 0.0500. The van der Waals surface area contributed by atoms with E-state index >= 15 is 0 Å². The van der Waals surface area contributed by atoms with Crippen LogP contribution in [0.5, 0.6) is 0 Å². The quantitative estimate of drug-likeness (QED) is 0.483. The Kier molecular flexibility index (Phi) is 4.18. The van der Waals surface area contributed by atoms with Crippen molar-refractivity contribution in [3.8, 4) is 23.0 Å². The SMILES string of the molecule is Cc1ccc(-c2csc(C#CC(=O)c3ccccc3)c2)cc1. The Morgan fingerprint density at radius 1 is 0.955 bits per heavy atom. The second-order valence-electron chi connectivity index (χ2n) is 5.01. The lowest BCUT2D eigenvalue weighted by Gasteiger charge is -1.97. The first-order valence-electron chi connectivity index (χ1n) is 6.99.